The summed E-state index contributed by atoms with van der Waals surface area (Å²) in [6.07, 6.45) is 6.08. The number of nitrogens with zero attached hydrogens (tertiary/aromatic N) is 1. The molecular weight excluding hydrogens is 168 g/mol. The quantitative estimate of drug-likeness (QED) is 0.574. The van der Waals surface area contributed by atoms with Gasteiger partial charge in [0.05, 0.1) is 6.54 Å². The van der Waals surface area contributed by atoms with Gasteiger partial charge in [0, 0.05) is 13.5 Å². The van der Waals surface area contributed by atoms with Crippen LogP contribution in [0, 0.1) is 12.3 Å². The maximum atomic E-state index is 11.3. The van der Waals surface area contributed by atoms with Crippen LogP contribution in [0.15, 0.2) is 0 Å². The highest BCUT2D eigenvalue weighted by molar-refractivity contribution is 5.90. The third-order valence-electron chi connectivity index (χ3n) is 2.14. The third-order valence-corrected chi connectivity index (χ3v) is 2.14. The fourth-order valence-electron chi connectivity index (χ4n) is 1.47. The highest BCUT2D eigenvalue weighted by atomic mass is 16.2. The first-order valence-electron chi connectivity index (χ1n) is 4.15. The van der Waals surface area contributed by atoms with Gasteiger partial charge >= 0.3 is 0 Å². The molecule has 0 bridgehead atoms. The van der Waals surface area contributed by atoms with Crippen molar-refractivity contribution >= 4 is 11.8 Å². The number of amides is 2. The normalized spacial score (nSPS) is 21.4. The number of rotatable bonds is 2. The molecule has 0 aromatic heterocycles. The lowest BCUT2D eigenvalue weighted by atomic mass is 10.2. The smallest absolute Gasteiger partial charge is 0.242 e. The summed E-state index contributed by atoms with van der Waals surface area (Å²) >= 11 is 0. The lowest BCUT2D eigenvalue weighted by molar-refractivity contribution is -0.134. The van der Waals surface area contributed by atoms with E-state index in [0.717, 1.165) is 0 Å². The van der Waals surface area contributed by atoms with Crippen molar-refractivity contribution in [3.63, 3.8) is 0 Å². The van der Waals surface area contributed by atoms with Crippen LogP contribution < -0.4 is 5.32 Å². The van der Waals surface area contributed by atoms with Crippen molar-refractivity contribution in [2.45, 2.75) is 18.9 Å². The van der Waals surface area contributed by atoms with E-state index < -0.39 is 0 Å². The first kappa shape index (κ1) is 9.59. The van der Waals surface area contributed by atoms with Crippen molar-refractivity contribution in [1.82, 2.24) is 10.2 Å². The van der Waals surface area contributed by atoms with Crippen LogP contribution in [0.2, 0.25) is 0 Å². The Kier molecular flexibility index (Phi) is 2.91. The molecule has 4 nitrogen and oxygen atoms in total. The van der Waals surface area contributed by atoms with Crippen LogP contribution >= 0.6 is 0 Å². The minimum atomic E-state index is -0.367. The van der Waals surface area contributed by atoms with Gasteiger partial charge in [-0.05, 0) is 6.42 Å². The summed E-state index contributed by atoms with van der Waals surface area (Å²) in [7, 11) is 1.55. The fourth-order valence-corrected chi connectivity index (χ4v) is 1.47. The lowest BCUT2D eigenvalue weighted by Crippen LogP contribution is -2.43. The van der Waals surface area contributed by atoms with Crippen LogP contribution in [0.1, 0.15) is 12.8 Å². The van der Waals surface area contributed by atoms with Crippen molar-refractivity contribution in [2.75, 3.05) is 13.6 Å². The van der Waals surface area contributed by atoms with Gasteiger partial charge in [0.2, 0.25) is 11.8 Å². The van der Waals surface area contributed by atoms with Crippen LogP contribution in [0.3, 0.4) is 0 Å². The molecule has 2 amide bonds. The Morgan fingerprint density at radius 1 is 1.85 bits per heavy atom. The van der Waals surface area contributed by atoms with Crippen molar-refractivity contribution in [1.29, 1.82) is 0 Å². The molecule has 0 radical (unpaired) electrons. The molecule has 1 unspecified atom stereocenters. The second-order valence-electron chi connectivity index (χ2n) is 2.89. The molecule has 1 heterocycles. The molecule has 1 rings (SSSR count). The topological polar surface area (TPSA) is 49.4 Å². The second-order valence-corrected chi connectivity index (χ2v) is 2.89. The van der Waals surface area contributed by atoms with E-state index in [1.54, 1.807) is 7.05 Å². The Morgan fingerprint density at radius 2 is 2.54 bits per heavy atom. The monoisotopic (exact) mass is 180 g/mol. The van der Waals surface area contributed by atoms with Crippen molar-refractivity contribution in [3.05, 3.63) is 0 Å². The molecule has 1 saturated heterocycles. The molecule has 13 heavy (non-hydrogen) atoms. The molecule has 0 aromatic rings. The SMILES string of the molecule is C#CCN1C(=O)CCC1C(=O)NC. The van der Waals surface area contributed by atoms with Gasteiger partial charge in [-0.1, -0.05) is 5.92 Å². The summed E-state index contributed by atoms with van der Waals surface area (Å²) in [6, 6.07) is -0.367. The van der Waals surface area contributed by atoms with Gasteiger partial charge in [0.1, 0.15) is 6.04 Å². The van der Waals surface area contributed by atoms with Crippen LogP contribution in [0.4, 0.5) is 0 Å². The first-order chi connectivity index (χ1) is 6.20. The van der Waals surface area contributed by atoms with Gasteiger partial charge < -0.3 is 10.2 Å². The van der Waals surface area contributed by atoms with E-state index in [4.69, 9.17) is 6.42 Å². The number of carbonyl (C=O) groups excluding carboxylic acids is 2. The average Bonchev–Trinajstić information content (AvgIpc) is 2.48. The summed E-state index contributed by atoms with van der Waals surface area (Å²) < 4.78 is 0. The maximum Gasteiger partial charge on any atom is 0.242 e. The molecule has 1 atom stereocenters. The van der Waals surface area contributed by atoms with Gasteiger partial charge in [-0.2, -0.15) is 0 Å². The zero-order valence-corrected chi connectivity index (χ0v) is 7.54. The molecule has 4 heteroatoms. The zero-order valence-electron chi connectivity index (χ0n) is 7.54. The molecule has 0 saturated carbocycles. The molecule has 1 N–H and O–H groups in total. The van der Waals surface area contributed by atoms with Crippen molar-refractivity contribution in [2.24, 2.45) is 0 Å². The van der Waals surface area contributed by atoms with Crippen LogP contribution in [-0.4, -0.2) is 36.3 Å². The van der Waals surface area contributed by atoms with Gasteiger partial charge in [-0.25, -0.2) is 0 Å². The summed E-state index contributed by atoms with van der Waals surface area (Å²) in [5.41, 5.74) is 0. The van der Waals surface area contributed by atoms with Crippen molar-refractivity contribution in [3.8, 4) is 12.3 Å². The number of hydrogen-bond donors (Lipinski definition) is 1. The fraction of sp³-hybridized carbons (Fsp3) is 0.556. The lowest BCUT2D eigenvalue weighted by Gasteiger charge is -2.20. The number of carbonyl (C=O) groups is 2. The minimum absolute atomic E-state index is 0.0356. The average molecular weight is 180 g/mol. The molecular formula is C9H12N2O2. The highest BCUT2D eigenvalue weighted by Crippen LogP contribution is 2.17. The first-order valence-corrected chi connectivity index (χ1v) is 4.15. The number of likely N-dealkylation sites (N-methyl/N-ethyl adjacent to an activating group) is 1. The number of terminal acetylenes is 1. The van der Waals surface area contributed by atoms with E-state index in [1.165, 1.54) is 4.90 Å². The third kappa shape index (κ3) is 1.81. The summed E-state index contributed by atoms with van der Waals surface area (Å²) in [5.74, 6) is 2.20. The standard InChI is InChI=1S/C9H12N2O2/c1-3-6-11-7(9(13)10-2)4-5-8(11)12/h1,7H,4-6H2,2H3,(H,10,13). The predicted octanol–water partition coefficient (Wildman–Crippen LogP) is -0.643. The molecule has 70 valence electrons. The van der Waals surface area contributed by atoms with Crippen LogP contribution in [0.25, 0.3) is 0 Å². The Labute approximate surface area is 77.3 Å². The Balaban J connectivity index is 2.70. The van der Waals surface area contributed by atoms with Gasteiger partial charge in [0.15, 0.2) is 0 Å². The van der Waals surface area contributed by atoms with Crippen LogP contribution in [-0.2, 0) is 9.59 Å². The largest absolute Gasteiger partial charge is 0.357 e. The predicted molar refractivity (Wildman–Crippen MR) is 47.6 cm³/mol. The molecule has 0 aliphatic carbocycles. The summed E-state index contributed by atoms with van der Waals surface area (Å²) in [5, 5.41) is 2.51. The molecule has 0 aromatic carbocycles. The Hall–Kier alpha value is -1.50. The molecule has 1 fully saturated rings. The van der Waals surface area contributed by atoms with Crippen LogP contribution in [0.5, 0.6) is 0 Å². The molecule has 1 aliphatic rings. The van der Waals surface area contributed by atoms with E-state index >= 15 is 0 Å². The highest BCUT2D eigenvalue weighted by Gasteiger charge is 2.34. The Morgan fingerprint density at radius 3 is 3.08 bits per heavy atom. The van der Waals surface area contributed by atoms with Gasteiger partial charge in [0.25, 0.3) is 0 Å². The van der Waals surface area contributed by atoms with E-state index in [1.807, 2.05) is 0 Å². The van der Waals surface area contributed by atoms with Gasteiger partial charge in [-0.3, -0.25) is 9.59 Å². The number of likely N-dealkylation sites (tertiary alicyclic amines) is 1. The zero-order chi connectivity index (χ0) is 9.84. The second kappa shape index (κ2) is 3.94. The summed E-state index contributed by atoms with van der Waals surface area (Å²) in [4.78, 5) is 24.0. The molecule has 0 spiro atoms. The maximum absolute atomic E-state index is 11.3. The summed E-state index contributed by atoms with van der Waals surface area (Å²) in [6.45, 7) is 0.219. The Bertz CT molecular complexity index is 267. The van der Waals surface area contributed by atoms with E-state index in [0.29, 0.717) is 12.8 Å². The molecule has 1 aliphatic heterocycles. The number of hydrogen-bond acceptors (Lipinski definition) is 2. The van der Waals surface area contributed by atoms with E-state index in [-0.39, 0.29) is 24.4 Å². The number of nitrogens with one attached hydrogen (secondary N) is 1. The van der Waals surface area contributed by atoms with Crippen molar-refractivity contribution < 1.29 is 9.59 Å². The van der Waals surface area contributed by atoms with E-state index in [9.17, 15) is 9.59 Å². The minimum Gasteiger partial charge on any atom is -0.357 e. The van der Waals surface area contributed by atoms with E-state index in [2.05, 4.69) is 11.2 Å². The van der Waals surface area contributed by atoms with Gasteiger partial charge in [-0.15, -0.1) is 6.42 Å².